The third kappa shape index (κ3) is 4.71. The molecule has 0 saturated carbocycles. The van der Waals surface area contributed by atoms with E-state index in [2.05, 4.69) is 22.9 Å². The molecule has 28 heavy (non-hydrogen) atoms. The molecule has 1 aromatic heterocycles. The van der Waals surface area contributed by atoms with Gasteiger partial charge in [-0.3, -0.25) is 9.59 Å². The molecule has 1 heterocycles. The zero-order valence-electron chi connectivity index (χ0n) is 16.1. The van der Waals surface area contributed by atoms with Crippen molar-refractivity contribution in [1.29, 1.82) is 0 Å². The van der Waals surface area contributed by atoms with Gasteiger partial charge >= 0.3 is 5.97 Å². The van der Waals surface area contributed by atoms with E-state index < -0.39 is 0 Å². The summed E-state index contributed by atoms with van der Waals surface area (Å²) in [5.74, 6) is 0.0824. The second-order valence-electron chi connectivity index (χ2n) is 6.85. The molecule has 0 aliphatic carbocycles. The highest BCUT2D eigenvalue weighted by Gasteiger charge is 2.15. The van der Waals surface area contributed by atoms with Crippen molar-refractivity contribution < 1.29 is 13.9 Å². The van der Waals surface area contributed by atoms with Crippen molar-refractivity contribution in [3.05, 3.63) is 62.9 Å². The van der Waals surface area contributed by atoms with Crippen LogP contribution in [-0.2, 0) is 11.2 Å². The average Bonchev–Trinajstić information content (AvgIpc) is 2.66. The van der Waals surface area contributed by atoms with Gasteiger partial charge in [0.05, 0.1) is 10.9 Å². The van der Waals surface area contributed by atoms with Gasteiger partial charge in [-0.05, 0) is 42.2 Å². The first-order chi connectivity index (χ1) is 13.5. The highest BCUT2D eigenvalue weighted by molar-refractivity contribution is 9.10. The molecule has 0 fully saturated rings. The number of fused-ring (bicyclic) bond motifs is 1. The Morgan fingerprint density at radius 1 is 1.11 bits per heavy atom. The molecule has 3 aromatic rings. The number of hydrogen-bond donors (Lipinski definition) is 0. The largest absolute Gasteiger partial charge is 0.463 e. The van der Waals surface area contributed by atoms with Crippen LogP contribution in [0.5, 0.6) is 5.75 Å². The molecule has 0 amide bonds. The standard InChI is InChI=1S/C23H23BrO4/c1-3-4-5-6-7-17-12-19-22(13-21(17)28-15(2)25)27-14-20(23(19)26)16-8-10-18(24)11-9-16/h8-14H,3-7H2,1-2H3. The van der Waals surface area contributed by atoms with E-state index in [1.807, 2.05) is 30.3 Å². The molecule has 0 atom stereocenters. The van der Waals surface area contributed by atoms with Crippen LogP contribution < -0.4 is 10.2 Å². The molecule has 0 aliphatic heterocycles. The van der Waals surface area contributed by atoms with Gasteiger partial charge in [-0.15, -0.1) is 0 Å². The third-order valence-electron chi connectivity index (χ3n) is 4.66. The molecular weight excluding hydrogens is 420 g/mol. The highest BCUT2D eigenvalue weighted by Crippen LogP contribution is 2.29. The fourth-order valence-electron chi connectivity index (χ4n) is 3.22. The minimum absolute atomic E-state index is 0.0900. The molecule has 2 aromatic carbocycles. The molecule has 0 spiro atoms. The molecule has 4 nitrogen and oxygen atoms in total. The summed E-state index contributed by atoms with van der Waals surface area (Å²) in [6, 6.07) is 11.0. The highest BCUT2D eigenvalue weighted by atomic mass is 79.9. The zero-order valence-corrected chi connectivity index (χ0v) is 17.7. The van der Waals surface area contributed by atoms with E-state index in [1.54, 1.807) is 6.07 Å². The van der Waals surface area contributed by atoms with Crippen molar-refractivity contribution in [2.75, 3.05) is 0 Å². The van der Waals surface area contributed by atoms with E-state index in [4.69, 9.17) is 9.15 Å². The molecule has 146 valence electrons. The van der Waals surface area contributed by atoms with Gasteiger partial charge in [0, 0.05) is 17.5 Å². The first-order valence-corrected chi connectivity index (χ1v) is 10.3. The number of rotatable bonds is 7. The van der Waals surface area contributed by atoms with Gasteiger partial charge in [-0.25, -0.2) is 0 Å². The Morgan fingerprint density at radius 2 is 1.86 bits per heavy atom. The number of ether oxygens (including phenoxy) is 1. The van der Waals surface area contributed by atoms with Crippen LogP contribution in [0.3, 0.4) is 0 Å². The van der Waals surface area contributed by atoms with Crippen LogP contribution in [0.2, 0.25) is 0 Å². The molecule has 5 heteroatoms. The Labute approximate surface area is 172 Å². The molecule has 0 bridgehead atoms. The first kappa shape index (κ1) is 20.3. The number of halogens is 1. The fraction of sp³-hybridized carbons (Fsp3) is 0.304. The van der Waals surface area contributed by atoms with E-state index in [9.17, 15) is 9.59 Å². The van der Waals surface area contributed by atoms with Crippen LogP contribution in [0, 0.1) is 0 Å². The maximum atomic E-state index is 13.1. The fourth-order valence-corrected chi connectivity index (χ4v) is 3.48. The molecule has 0 radical (unpaired) electrons. The number of unbranched alkanes of at least 4 members (excludes halogenated alkanes) is 3. The van der Waals surface area contributed by atoms with Crippen LogP contribution in [-0.4, -0.2) is 5.97 Å². The topological polar surface area (TPSA) is 56.5 Å². The number of benzene rings is 2. The van der Waals surface area contributed by atoms with Gasteiger partial charge in [0.2, 0.25) is 5.43 Å². The minimum atomic E-state index is -0.386. The maximum Gasteiger partial charge on any atom is 0.308 e. The number of aryl methyl sites for hydroxylation is 1. The predicted molar refractivity (Wildman–Crippen MR) is 115 cm³/mol. The second kappa shape index (κ2) is 9.20. The normalized spacial score (nSPS) is 11.0. The first-order valence-electron chi connectivity index (χ1n) is 9.52. The second-order valence-corrected chi connectivity index (χ2v) is 7.76. The molecule has 0 saturated heterocycles. The van der Waals surface area contributed by atoms with E-state index in [0.29, 0.717) is 22.3 Å². The zero-order chi connectivity index (χ0) is 20.1. The summed E-state index contributed by atoms with van der Waals surface area (Å²) in [7, 11) is 0. The lowest BCUT2D eigenvalue weighted by molar-refractivity contribution is -0.131. The van der Waals surface area contributed by atoms with E-state index in [0.717, 1.165) is 47.7 Å². The van der Waals surface area contributed by atoms with Gasteiger partial charge in [0.25, 0.3) is 0 Å². The van der Waals surface area contributed by atoms with Crippen LogP contribution in [0.4, 0.5) is 0 Å². The minimum Gasteiger partial charge on any atom is -0.463 e. The number of esters is 1. The third-order valence-corrected chi connectivity index (χ3v) is 5.19. The summed E-state index contributed by atoms with van der Waals surface area (Å²) in [4.78, 5) is 24.6. The van der Waals surface area contributed by atoms with Crippen LogP contribution in [0.25, 0.3) is 22.1 Å². The van der Waals surface area contributed by atoms with Crippen molar-refractivity contribution >= 4 is 32.9 Å². The van der Waals surface area contributed by atoms with E-state index in [-0.39, 0.29) is 11.4 Å². The lowest BCUT2D eigenvalue weighted by atomic mass is 10.0. The van der Waals surface area contributed by atoms with E-state index in [1.165, 1.54) is 13.2 Å². The Kier molecular flexibility index (Phi) is 6.68. The van der Waals surface area contributed by atoms with Gasteiger partial charge in [0.1, 0.15) is 17.6 Å². The van der Waals surface area contributed by atoms with Crippen molar-refractivity contribution in [1.82, 2.24) is 0 Å². The summed E-state index contributed by atoms with van der Waals surface area (Å²) >= 11 is 3.41. The van der Waals surface area contributed by atoms with Crippen LogP contribution in [0.1, 0.15) is 45.1 Å². The van der Waals surface area contributed by atoms with E-state index >= 15 is 0 Å². The lowest BCUT2D eigenvalue weighted by Crippen LogP contribution is -2.08. The van der Waals surface area contributed by atoms with Crippen LogP contribution >= 0.6 is 15.9 Å². The van der Waals surface area contributed by atoms with Crippen molar-refractivity contribution in [3.63, 3.8) is 0 Å². The Bertz CT molecular complexity index is 1030. The predicted octanol–water partition coefficient (Wildman–Crippen LogP) is 6.27. The Balaban J connectivity index is 2.06. The van der Waals surface area contributed by atoms with Crippen molar-refractivity contribution in [3.8, 4) is 16.9 Å². The number of carbonyl (C=O) groups excluding carboxylic acids is 1. The van der Waals surface area contributed by atoms with Gasteiger partial charge in [-0.1, -0.05) is 54.2 Å². The molecular formula is C23H23BrO4. The summed E-state index contributed by atoms with van der Waals surface area (Å²) in [5, 5.41) is 0.502. The van der Waals surface area contributed by atoms with Crippen molar-refractivity contribution in [2.24, 2.45) is 0 Å². The van der Waals surface area contributed by atoms with Gasteiger partial charge in [0.15, 0.2) is 0 Å². The van der Waals surface area contributed by atoms with Crippen molar-refractivity contribution in [2.45, 2.75) is 46.0 Å². The Hall–Kier alpha value is -2.40. The molecule has 0 unspecified atom stereocenters. The summed E-state index contributed by atoms with van der Waals surface area (Å²) in [6.45, 7) is 3.53. The molecule has 0 aliphatic rings. The lowest BCUT2D eigenvalue weighted by Gasteiger charge is -2.11. The number of hydrogen-bond acceptors (Lipinski definition) is 4. The molecule has 0 N–H and O–H groups in total. The molecule has 3 rings (SSSR count). The maximum absolute atomic E-state index is 13.1. The SMILES string of the molecule is CCCCCCc1cc2c(=O)c(-c3ccc(Br)cc3)coc2cc1OC(C)=O. The quantitative estimate of drug-likeness (QED) is 0.245. The van der Waals surface area contributed by atoms with Crippen LogP contribution in [0.15, 0.2) is 56.3 Å². The number of carbonyl (C=O) groups is 1. The summed E-state index contributed by atoms with van der Waals surface area (Å²) < 4.78 is 12.0. The smallest absolute Gasteiger partial charge is 0.308 e. The average molecular weight is 443 g/mol. The summed E-state index contributed by atoms with van der Waals surface area (Å²) in [6.07, 6.45) is 6.60. The monoisotopic (exact) mass is 442 g/mol. The van der Waals surface area contributed by atoms with Gasteiger partial charge in [-0.2, -0.15) is 0 Å². The van der Waals surface area contributed by atoms with Gasteiger partial charge < -0.3 is 9.15 Å². The Morgan fingerprint density at radius 3 is 2.54 bits per heavy atom. The summed E-state index contributed by atoms with van der Waals surface area (Å²) in [5.41, 5.74) is 2.50.